The standard InChI is InChI=1S/C36H30N2O7S2/c1-43-24-12-10-22(11-13-24)19-44-36(42)32-29(47-25-14-15-28-27(17-25)26-9-5-8-23(18-39)33(26)45-28)20-46-35-31(34(41)38(32)35)37-30(40)16-21-6-3-2-4-7-21/h2-15,17,31,35,39H,16,18-20H2,1H3,(H,37,40)/t31-,35+/m1/s1. The zero-order valence-corrected chi connectivity index (χ0v) is 26.9. The Balaban J connectivity index is 1.16. The molecule has 3 heterocycles. The molecular weight excluding hydrogens is 637 g/mol. The summed E-state index contributed by atoms with van der Waals surface area (Å²) >= 11 is 2.89. The first kappa shape index (κ1) is 30.9. The van der Waals surface area contributed by atoms with E-state index in [2.05, 4.69) is 5.32 Å². The number of aliphatic hydroxyl groups excluding tert-OH is 1. The minimum atomic E-state index is -0.749. The molecule has 1 aromatic heterocycles. The van der Waals surface area contributed by atoms with Crippen molar-refractivity contribution in [1.29, 1.82) is 0 Å². The number of hydrogen-bond donors (Lipinski definition) is 2. The molecule has 47 heavy (non-hydrogen) atoms. The van der Waals surface area contributed by atoms with Crippen LogP contribution in [0, 0.1) is 0 Å². The van der Waals surface area contributed by atoms with Crippen LogP contribution in [0.3, 0.4) is 0 Å². The van der Waals surface area contributed by atoms with Crippen molar-refractivity contribution in [3.8, 4) is 5.75 Å². The summed E-state index contributed by atoms with van der Waals surface area (Å²) in [6.07, 6.45) is 0.153. The number of esters is 1. The van der Waals surface area contributed by atoms with Gasteiger partial charge in [0.15, 0.2) is 0 Å². The molecule has 2 atom stereocenters. The number of benzene rings is 4. The third-order valence-corrected chi connectivity index (χ3v) is 10.7. The monoisotopic (exact) mass is 666 g/mol. The summed E-state index contributed by atoms with van der Waals surface area (Å²) in [7, 11) is 1.58. The number of carbonyl (C=O) groups excluding carboxylic acids is 3. The summed E-state index contributed by atoms with van der Waals surface area (Å²) < 4.78 is 17.0. The number of methoxy groups -OCH3 is 1. The maximum Gasteiger partial charge on any atom is 0.356 e. The minimum absolute atomic E-state index is 0.0154. The Bertz CT molecular complexity index is 2020. The SMILES string of the molecule is COc1ccc(COC(=O)C2=C(Sc3ccc4oc5c(CO)cccc5c4c3)CS[C@H]3[C@H](NC(=O)Cc4ccccc4)C(=O)N23)cc1. The molecule has 5 aromatic rings. The normalized spacial score (nSPS) is 17.4. The van der Waals surface area contributed by atoms with Crippen LogP contribution in [0.1, 0.15) is 16.7 Å². The minimum Gasteiger partial charge on any atom is -0.497 e. The summed E-state index contributed by atoms with van der Waals surface area (Å²) in [6, 6.07) is 27.2. The molecule has 7 rings (SSSR count). The highest BCUT2D eigenvalue weighted by Crippen LogP contribution is 2.46. The van der Waals surface area contributed by atoms with Crippen LogP contribution in [0.25, 0.3) is 21.9 Å². The van der Waals surface area contributed by atoms with Gasteiger partial charge in [0.2, 0.25) is 5.91 Å². The van der Waals surface area contributed by atoms with Crippen molar-refractivity contribution in [3.05, 3.63) is 118 Å². The molecule has 238 valence electrons. The van der Waals surface area contributed by atoms with E-state index in [0.29, 0.717) is 33.1 Å². The Morgan fingerprint density at radius 1 is 1.00 bits per heavy atom. The van der Waals surface area contributed by atoms with Gasteiger partial charge in [-0.15, -0.1) is 11.8 Å². The van der Waals surface area contributed by atoms with E-state index in [0.717, 1.165) is 26.8 Å². The van der Waals surface area contributed by atoms with Crippen LogP contribution in [0.4, 0.5) is 0 Å². The Morgan fingerprint density at radius 2 is 1.81 bits per heavy atom. The number of β-lactam (4-membered cyclic amide) rings is 1. The first-order chi connectivity index (χ1) is 22.9. The maximum atomic E-state index is 13.8. The van der Waals surface area contributed by atoms with Gasteiger partial charge in [0.05, 0.1) is 20.1 Å². The second-order valence-corrected chi connectivity index (χ2v) is 13.4. The zero-order chi connectivity index (χ0) is 32.5. The van der Waals surface area contributed by atoms with Crippen LogP contribution in [0.2, 0.25) is 0 Å². The van der Waals surface area contributed by atoms with Gasteiger partial charge in [0.1, 0.15) is 40.6 Å². The van der Waals surface area contributed by atoms with E-state index in [1.54, 1.807) is 19.2 Å². The number of furan rings is 1. The Labute approximate surface area is 278 Å². The molecule has 1 fully saturated rings. The van der Waals surface area contributed by atoms with Crippen molar-refractivity contribution in [2.75, 3.05) is 12.9 Å². The van der Waals surface area contributed by atoms with Gasteiger partial charge < -0.3 is 24.3 Å². The third-order valence-electron chi connectivity index (χ3n) is 8.14. The van der Waals surface area contributed by atoms with Crippen LogP contribution in [0.15, 0.2) is 111 Å². The van der Waals surface area contributed by atoms with Gasteiger partial charge in [-0.2, -0.15) is 0 Å². The Hall–Kier alpha value is -4.71. The molecule has 0 radical (unpaired) electrons. The molecule has 4 aromatic carbocycles. The molecule has 9 nitrogen and oxygen atoms in total. The van der Waals surface area contributed by atoms with E-state index in [1.165, 1.54) is 28.4 Å². The lowest BCUT2D eigenvalue weighted by Gasteiger charge is -2.49. The number of ether oxygens (including phenoxy) is 2. The van der Waals surface area contributed by atoms with E-state index in [1.807, 2.05) is 78.9 Å². The van der Waals surface area contributed by atoms with Crippen molar-refractivity contribution in [2.45, 2.75) is 35.9 Å². The predicted molar refractivity (Wildman–Crippen MR) is 180 cm³/mol. The summed E-state index contributed by atoms with van der Waals surface area (Å²) in [6.45, 7) is -0.120. The highest BCUT2D eigenvalue weighted by Gasteiger charge is 2.54. The van der Waals surface area contributed by atoms with Crippen molar-refractivity contribution in [3.63, 3.8) is 0 Å². The number of carbonyl (C=O) groups is 3. The number of nitrogens with one attached hydrogen (secondary N) is 1. The predicted octanol–water partition coefficient (Wildman–Crippen LogP) is 5.78. The number of para-hydroxylation sites is 1. The van der Waals surface area contributed by atoms with Gasteiger partial charge in [-0.1, -0.05) is 72.4 Å². The molecule has 0 aliphatic carbocycles. The van der Waals surface area contributed by atoms with Gasteiger partial charge in [0, 0.05) is 31.9 Å². The number of nitrogens with zero attached hydrogens (tertiary/aromatic N) is 1. The number of aliphatic hydroxyl groups is 1. The van der Waals surface area contributed by atoms with Crippen molar-refractivity contribution >= 4 is 63.2 Å². The lowest BCUT2D eigenvalue weighted by Crippen LogP contribution is -2.70. The van der Waals surface area contributed by atoms with Crippen molar-refractivity contribution in [1.82, 2.24) is 10.2 Å². The Morgan fingerprint density at radius 3 is 2.57 bits per heavy atom. The Kier molecular flexibility index (Phi) is 8.68. The molecule has 11 heteroatoms. The smallest absolute Gasteiger partial charge is 0.356 e. The molecule has 0 bridgehead atoms. The molecule has 0 spiro atoms. The number of amides is 2. The van der Waals surface area contributed by atoms with Crippen LogP contribution < -0.4 is 10.1 Å². The van der Waals surface area contributed by atoms with Crippen LogP contribution in [0.5, 0.6) is 5.75 Å². The average molecular weight is 667 g/mol. The molecule has 2 amide bonds. The van der Waals surface area contributed by atoms with E-state index in [9.17, 15) is 19.5 Å². The molecule has 2 aliphatic rings. The van der Waals surface area contributed by atoms with Crippen molar-refractivity contribution < 1.29 is 33.4 Å². The second-order valence-electron chi connectivity index (χ2n) is 11.1. The molecule has 2 N–H and O–H groups in total. The molecular formula is C36H30N2O7S2. The van der Waals surface area contributed by atoms with Crippen LogP contribution >= 0.6 is 23.5 Å². The first-order valence-electron chi connectivity index (χ1n) is 15.0. The molecule has 2 aliphatic heterocycles. The van der Waals surface area contributed by atoms with Gasteiger partial charge in [-0.3, -0.25) is 14.5 Å². The van der Waals surface area contributed by atoms with Gasteiger partial charge >= 0.3 is 5.97 Å². The zero-order valence-electron chi connectivity index (χ0n) is 25.3. The molecule has 1 saturated heterocycles. The number of rotatable bonds is 10. The number of hydrogen-bond acceptors (Lipinski definition) is 9. The van der Waals surface area contributed by atoms with Gasteiger partial charge in [-0.25, -0.2) is 4.79 Å². The quantitative estimate of drug-likeness (QED) is 0.141. The lowest BCUT2D eigenvalue weighted by atomic mass is 10.0. The lowest BCUT2D eigenvalue weighted by molar-refractivity contribution is -0.153. The fraction of sp³-hybridized carbons (Fsp3) is 0.194. The summed E-state index contributed by atoms with van der Waals surface area (Å²) in [5, 5.41) is 14.0. The van der Waals surface area contributed by atoms with E-state index < -0.39 is 17.4 Å². The largest absolute Gasteiger partial charge is 0.497 e. The van der Waals surface area contributed by atoms with E-state index in [-0.39, 0.29) is 37.1 Å². The van der Waals surface area contributed by atoms with Crippen LogP contribution in [-0.4, -0.2) is 52.1 Å². The highest BCUT2D eigenvalue weighted by molar-refractivity contribution is 8.06. The number of thioether (sulfide) groups is 2. The average Bonchev–Trinajstić information content (AvgIpc) is 3.48. The van der Waals surface area contributed by atoms with E-state index in [4.69, 9.17) is 13.9 Å². The van der Waals surface area contributed by atoms with Gasteiger partial charge in [-0.05, 0) is 41.5 Å². The summed E-state index contributed by atoms with van der Waals surface area (Å²) in [5.41, 5.74) is 3.83. The summed E-state index contributed by atoms with van der Waals surface area (Å²) in [4.78, 5) is 43.2. The topological polar surface area (TPSA) is 118 Å². The maximum absolute atomic E-state index is 13.8. The number of fused-ring (bicyclic) bond motifs is 4. The van der Waals surface area contributed by atoms with Crippen molar-refractivity contribution in [2.24, 2.45) is 0 Å². The molecule has 0 saturated carbocycles. The third kappa shape index (κ3) is 6.09. The van der Waals surface area contributed by atoms with Gasteiger partial charge in [0.25, 0.3) is 5.91 Å². The fourth-order valence-electron chi connectivity index (χ4n) is 5.77. The van der Waals surface area contributed by atoms with E-state index >= 15 is 0 Å². The summed E-state index contributed by atoms with van der Waals surface area (Å²) in [5.74, 6) is -0.0947. The fourth-order valence-corrected chi connectivity index (χ4v) is 8.28. The second kappa shape index (κ2) is 13.2. The first-order valence-corrected chi connectivity index (χ1v) is 16.8. The highest BCUT2D eigenvalue weighted by atomic mass is 32.2. The van der Waals surface area contributed by atoms with Crippen LogP contribution in [-0.2, 0) is 38.8 Å². The molecule has 0 unspecified atom stereocenters.